The van der Waals surface area contributed by atoms with Crippen molar-refractivity contribution in [1.29, 1.82) is 0 Å². The maximum absolute atomic E-state index is 0. The first-order valence-corrected chi connectivity index (χ1v) is 0. The van der Waals surface area contributed by atoms with Gasteiger partial charge < -0.3 is 1.43 Å². The van der Waals surface area contributed by atoms with Gasteiger partial charge in [-0.25, -0.2) is 0 Å². The molecule has 4 heavy (non-hydrogen) atoms. The van der Waals surface area contributed by atoms with Crippen LogP contribution in [-0.2, 0) is 0 Å². The zero-order chi connectivity index (χ0) is 0. The number of hydrogen-bond donors (Lipinski definition) is 0. The van der Waals surface area contributed by atoms with E-state index in [-0.39, 0.29) is 68.8 Å². The summed E-state index contributed by atoms with van der Waals surface area (Å²) >= 11 is 0. The van der Waals surface area contributed by atoms with Gasteiger partial charge in [-0.2, -0.15) is 0 Å². The molecule has 0 N–H and O–H groups in total. The molecule has 0 heterocycles. The molecule has 0 fully saturated rings. The zero-order valence-electron chi connectivity index (χ0n) is 2.41. The molecule has 0 spiro atoms. The second kappa shape index (κ2) is 20.3. The molecule has 0 aliphatic carbocycles. The van der Waals surface area contributed by atoms with Gasteiger partial charge in [0, 0.05) is 1.43 Å². The van der Waals surface area contributed by atoms with Crippen molar-refractivity contribution in [3.8, 4) is 0 Å². The Balaban J connectivity index is 0. The standard InChI is InChI=1S/2Al.ClH.Li.H2.7H/h;;1H;;1H;;;;;;;/q;;;+1;;;;;;;;-1. The molecule has 0 aromatic heterocycles. The fourth-order valence-electron chi connectivity index (χ4n) is 0. The monoisotopic (exact) mass is 106 g/mol. The van der Waals surface area contributed by atoms with E-state index in [1.54, 1.807) is 0 Å². The van der Waals surface area contributed by atoms with Gasteiger partial charge in [-0.3, -0.25) is 0 Å². The normalized spacial score (nSPS) is 0. The van der Waals surface area contributed by atoms with Crippen molar-refractivity contribution in [2.24, 2.45) is 0 Å². The van der Waals surface area contributed by atoms with Gasteiger partial charge in [-0.05, 0) is 0 Å². The summed E-state index contributed by atoms with van der Waals surface area (Å²) in [5, 5.41) is 0. The van der Waals surface area contributed by atoms with Crippen LogP contribution in [0.15, 0.2) is 0 Å². The van der Waals surface area contributed by atoms with Gasteiger partial charge in [-0.1, -0.05) is 0 Å². The Kier molecular flexibility index (Phi) is 194. The molecule has 4 heteroatoms. The topological polar surface area (TPSA) is 0 Å². The van der Waals surface area contributed by atoms with E-state index in [0.717, 1.165) is 0 Å². The molecular weight excluding hydrogens is 96.4 g/mol. The average molecular weight is 106 g/mol. The number of rotatable bonds is 0. The quantitative estimate of drug-likeness (QED) is 0.273. The van der Waals surface area contributed by atoms with Crippen molar-refractivity contribution >= 4 is 47.1 Å². The van der Waals surface area contributed by atoms with E-state index < -0.39 is 0 Å². The van der Waals surface area contributed by atoms with Crippen LogP contribution in [0.3, 0.4) is 0 Å². The van der Waals surface area contributed by atoms with Crippen LogP contribution in [0.1, 0.15) is 2.85 Å². The third-order valence-corrected chi connectivity index (χ3v) is 0. The molecule has 0 aromatic carbocycles. The first-order chi connectivity index (χ1) is 0. The van der Waals surface area contributed by atoms with E-state index in [9.17, 15) is 0 Å². The minimum absolute atomic E-state index is 0. The zero-order valence-corrected chi connectivity index (χ0v) is 2.22. The van der Waals surface area contributed by atoms with E-state index in [0.29, 0.717) is 0 Å². The van der Waals surface area contributed by atoms with Crippen LogP contribution in [0.25, 0.3) is 0 Å². The summed E-state index contributed by atoms with van der Waals surface area (Å²) in [6, 6.07) is 0. The second-order valence-corrected chi connectivity index (χ2v) is 0. The maximum atomic E-state index is 0. The summed E-state index contributed by atoms with van der Waals surface area (Å²) in [7, 11) is 0. The molecular formula is H10Al2ClLi. The molecule has 0 atom stereocenters. The van der Waals surface area contributed by atoms with Crippen LogP contribution in [0.4, 0.5) is 0 Å². The Labute approximate surface area is 68.5 Å². The average Bonchev–Trinajstić information content (AvgIpc) is 0. The molecule has 0 radical (unpaired) electrons. The third-order valence-electron chi connectivity index (χ3n) is 0. The van der Waals surface area contributed by atoms with E-state index in [1.165, 1.54) is 0 Å². The summed E-state index contributed by atoms with van der Waals surface area (Å²) in [6.07, 6.45) is 0. The van der Waals surface area contributed by atoms with Crippen LogP contribution in [0.2, 0.25) is 0 Å². The van der Waals surface area contributed by atoms with Crippen LogP contribution < -0.4 is 18.9 Å². The van der Waals surface area contributed by atoms with Gasteiger partial charge >= 0.3 is 18.9 Å². The molecule has 0 bridgehead atoms. The largest absolute Gasteiger partial charge is 1.00 e. The fraction of sp³-hybridized carbons (Fsp3) is 0. The second-order valence-electron chi connectivity index (χ2n) is 0. The van der Waals surface area contributed by atoms with Crippen molar-refractivity contribution in [3.63, 3.8) is 0 Å². The maximum Gasteiger partial charge on any atom is 1.00 e. The molecule has 0 saturated heterocycles. The Hall–Kier alpha value is 1.95. The van der Waals surface area contributed by atoms with Crippen LogP contribution >= 0.6 is 12.4 Å². The molecule has 0 amide bonds. The van der Waals surface area contributed by atoms with Crippen molar-refractivity contribution in [2.45, 2.75) is 0 Å². The predicted molar refractivity (Wildman–Crippen MR) is 30.4 cm³/mol. The van der Waals surface area contributed by atoms with Gasteiger partial charge in [0.15, 0.2) is 34.7 Å². The summed E-state index contributed by atoms with van der Waals surface area (Å²) in [6.45, 7) is 0. The molecule has 0 rings (SSSR count). The predicted octanol–water partition coefficient (Wildman–Crippen LogP) is -4.58. The number of hydrogen-bond acceptors (Lipinski definition) is 0. The Morgan fingerprint density at radius 2 is 1.25 bits per heavy atom. The first-order valence-electron chi connectivity index (χ1n) is 0. The van der Waals surface area contributed by atoms with E-state index in [4.69, 9.17) is 0 Å². The molecule has 0 aromatic rings. The fourth-order valence-corrected chi connectivity index (χ4v) is 0. The smallest absolute Gasteiger partial charge is 1.00 e. The van der Waals surface area contributed by atoms with Crippen LogP contribution in [0, 0.1) is 0 Å². The third kappa shape index (κ3) is 9.04. The Morgan fingerprint density at radius 3 is 1.25 bits per heavy atom. The molecule has 0 aliphatic rings. The first kappa shape index (κ1) is 38.3. The summed E-state index contributed by atoms with van der Waals surface area (Å²) in [4.78, 5) is 0. The van der Waals surface area contributed by atoms with Gasteiger partial charge in [0.05, 0.1) is 0 Å². The van der Waals surface area contributed by atoms with Gasteiger partial charge in [0.2, 0.25) is 0 Å². The Bertz CT molecular complexity index is 11.5. The van der Waals surface area contributed by atoms with Crippen molar-refractivity contribution in [3.05, 3.63) is 0 Å². The SMILES string of the molecule is Cl.[AlH3].[AlH3].[H-].[HH].[Li+]. The molecule has 0 saturated carbocycles. The molecule has 0 unspecified atom stereocenters. The molecule has 24 valence electrons. The van der Waals surface area contributed by atoms with Crippen molar-refractivity contribution < 1.29 is 21.7 Å². The van der Waals surface area contributed by atoms with E-state index in [1.807, 2.05) is 0 Å². The van der Waals surface area contributed by atoms with Gasteiger partial charge in [-0.15, -0.1) is 12.4 Å². The van der Waals surface area contributed by atoms with E-state index in [2.05, 4.69) is 0 Å². The molecule has 0 aliphatic heterocycles. The summed E-state index contributed by atoms with van der Waals surface area (Å²) in [5.74, 6) is 0. The van der Waals surface area contributed by atoms with Gasteiger partial charge in [0.1, 0.15) is 0 Å². The van der Waals surface area contributed by atoms with Crippen molar-refractivity contribution in [2.75, 3.05) is 0 Å². The van der Waals surface area contributed by atoms with Crippen LogP contribution in [-0.4, -0.2) is 34.7 Å². The molecule has 0 nitrogen and oxygen atoms in total. The summed E-state index contributed by atoms with van der Waals surface area (Å²) < 4.78 is 0. The van der Waals surface area contributed by atoms with Gasteiger partial charge in [0.25, 0.3) is 0 Å². The minimum atomic E-state index is 0. The van der Waals surface area contributed by atoms with Crippen molar-refractivity contribution in [1.82, 2.24) is 0 Å². The number of halogens is 1. The Morgan fingerprint density at radius 1 is 1.25 bits per heavy atom. The summed E-state index contributed by atoms with van der Waals surface area (Å²) in [5.41, 5.74) is 0. The van der Waals surface area contributed by atoms with E-state index >= 15 is 0 Å². The minimum Gasteiger partial charge on any atom is -1.00 e. The van der Waals surface area contributed by atoms with Crippen LogP contribution in [0.5, 0.6) is 0 Å².